The number of aryl methyl sites for hydroxylation is 1. The molecule has 3 heteroatoms. The molecule has 0 saturated carbocycles. The van der Waals surface area contributed by atoms with Crippen LogP contribution in [-0.4, -0.2) is 19.1 Å². The largest absolute Gasteiger partial charge is 0.329 e. The van der Waals surface area contributed by atoms with Crippen LogP contribution < -0.4 is 11.1 Å². The Morgan fingerprint density at radius 2 is 2.06 bits per heavy atom. The van der Waals surface area contributed by atoms with Crippen molar-refractivity contribution in [1.29, 1.82) is 0 Å². The fraction of sp³-hybridized carbons (Fsp3) is 0.571. The van der Waals surface area contributed by atoms with Crippen LogP contribution in [0.2, 0.25) is 0 Å². The van der Waals surface area contributed by atoms with E-state index in [2.05, 4.69) is 19.2 Å². The number of rotatable bonds is 6. The molecule has 0 bridgehead atoms. The first kappa shape index (κ1) is 14.1. The number of hydrogen-bond acceptors (Lipinski definition) is 2. The van der Waals surface area contributed by atoms with E-state index >= 15 is 0 Å². The van der Waals surface area contributed by atoms with Gasteiger partial charge < -0.3 is 11.1 Å². The van der Waals surface area contributed by atoms with Gasteiger partial charge in [0.25, 0.3) is 0 Å². The molecule has 96 valence electrons. The molecule has 1 aromatic rings. The molecular weight excluding hydrogens is 215 g/mol. The zero-order chi connectivity index (χ0) is 12.8. The summed E-state index contributed by atoms with van der Waals surface area (Å²) in [6.07, 6.45) is 0.907. The first-order valence-electron chi connectivity index (χ1n) is 6.23. The summed E-state index contributed by atoms with van der Waals surface area (Å²) in [6, 6.07) is 5.64. The van der Waals surface area contributed by atoms with Crippen LogP contribution in [0.5, 0.6) is 0 Å². The second-order valence-electron chi connectivity index (χ2n) is 4.87. The van der Waals surface area contributed by atoms with Gasteiger partial charge in [-0.3, -0.25) is 0 Å². The summed E-state index contributed by atoms with van der Waals surface area (Å²) in [5, 5.41) is 3.43. The zero-order valence-electron chi connectivity index (χ0n) is 11.0. The zero-order valence-corrected chi connectivity index (χ0v) is 11.0. The summed E-state index contributed by atoms with van der Waals surface area (Å²) in [6.45, 7) is 7.65. The van der Waals surface area contributed by atoms with Crippen molar-refractivity contribution in [2.24, 2.45) is 11.7 Å². The number of nitrogens with two attached hydrogens (primary N) is 1. The predicted octanol–water partition coefficient (Wildman–Crippen LogP) is 2.25. The van der Waals surface area contributed by atoms with Crippen LogP contribution in [0, 0.1) is 18.7 Å². The molecule has 0 aliphatic carbocycles. The normalized spacial score (nSPS) is 13.1. The van der Waals surface area contributed by atoms with Gasteiger partial charge in [0.05, 0.1) is 0 Å². The standard InChI is InChI=1S/C14H23FN2/c1-10(2)14(9-16)17-7-6-12-4-5-13(15)11(3)8-12/h4-5,8,10,14,17H,6-7,9,16H2,1-3H3. The first-order valence-corrected chi connectivity index (χ1v) is 6.23. The van der Waals surface area contributed by atoms with Gasteiger partial charge in [-0.2, -0.15) is 0 Å². The highest BCUT2D eigenvalue weighted by Crippen LogP contribution is 2.09. The van der Waals surface area contributed by atoms with Gasteiger partial charge in [0.15, 0.2) is 0 Å². The molecule has 1 atom stereocenters. The van der Waals surface area contributed by atoms with Crippen molar-refractivity contribution in [3.8, 4) is 0 Å². The molecule has 1 rings (SSSR count). The lowest BCUT2D eigenvalue weighted by molar-refractivity contribution is 0.409. The van der Waals surface area contributed by atoms with Gasteiger partial charge in [-0.25, -0.2) is 4.39 Å². The third-order valence-electron chi connectivity index (χ3n) is 3.10. The maximum absolute atomic E-state index is 13.1. The molecule has 3 N–H and O–H groups in total. The van der Waals surface area contributed by atoms with E-state index in [4.69, 9.17) is 5.73 Å². The van der Waals surface area contributed by atoms with Crippen LogP contribution in [-0.2, 0) is 6.42 Å². The van der Waals surface area contributed by atoms with E-state index in [1.54, 1.807) is 6.92 Å². The molecule has 0 amide bonds. The average Bonchev–Trinajstić information content (AvgIpc) is 2.28. The van der Waals surface area contributed by atoms with Gasteiger partial charge >= 0.3 is 0 Å². The number of hydrogen-bond donors (Lipinski definition) is 2. The second kappa shape index (κ2) is 6.72. The molecule has 0 heterocycles. The van der Waals surface area contributed by atoms with E-state index in [1.165, 1.54) is 6.07 Å². The molecule has 0 aromatic heterocycles. The van der Waals surface area contributed by atoms with Crippen LogP contribution in [0.25, 0.3) is 0 Å². The minimum atomic E-state index is -0.135. The lowest BCUT2D eigenvalue weighted by atomic mass is 10.0. The average molecular weight is 238 g/mol. The Bertz CT molecular complexity index is 350. The van der Waals surface area contributed by atoms with E-state index in [9.17, 15) is 4.39 Å². The van der Waals surface area contributed by atoms with Crippen LogP contribution in [0.3, 0.4) is 0 Å². The third kappa shape index (κ3) is 4.44. The van der Waals surface area contributed by atoms with Crippen LogP contribution >= 0.6 is 0 Å². The molecule has 2 nitrogen and oxygen atoms in total. The van der Waals surface area contributed by atoms with Crippen molar-refractivity contribution < 1.29 is 4.39 Å². The van der Waals surface area contributed by atoms with Crippen molar-refractivity contribution in [3.63, 3.8) is 0 Å². The van der Waals surface area contributed by atoms with Crippen molar-refractivity contribution in [2.45, 2.75) is 33.2 Å². The van der Waals surface area contributed by atoms with E-state index in [-0.39, 0.29) is 5.82 Å². The number of halogens is 1. The fourth-order valence-electron chi connectivity index (χ4n) is 1.86. The SMILES string of the molecule is Cc1cc(CCNC(CN)C(C)C)ccc1F. The number of nitrogens with one attached hydrogen (secondary N) is 1. The molecule has 0 aliphatic heterocycles. The maximum atomic E-state index is 13.1. The second-order valence-corrected chi connectivity index (χ2v) is 4.87. The fourth-order valence-corrected chi connectivity index (χ4v) is 1.86. The highest BCUT2D eigenvalue weighted by Gasteiger charge is 2.09. The van der Waals surface area contributed by atoms with Crippen molar-refractivity contribution >= 4 is 0 Å². The Morgan fingerprint density at radius 1 is 1.35 bits per heavy atom. The van der Waals surface area contributed by atoms with E-state index in [1.807, 2.05) is 12.1 Å². The van der Waals surface area contributed by atoms with Crippen LogP contribution in [0.4, 0.5) is 4.39 Å². The van der Waals surface area contributed by atoms with Crippen molar-refractivity contribution in [3.05, 3.63) is 35.1 Å². The van der Waals surface area contributed by atoms with Gasteiger partial charge in [-0.15, -0.1) is 0 Å². The summed E-state index contributed by atoms with van der Waals surface area (Å²) in [4.78, 5) is 0. The van der Waals surface area contributed by atoms with Gasteiger partial charge in [-0.1, -0.05) is 26.0 Å². The summed E-state index contributed by atoms with van der Waals surface area (Å²) < 4.78 is 13.1. The van der Waals surface area contributed by atoms with Gasteiger partial charge in [0, 0.05) is 12.6 Å². The minimum Gasteiger partial charge on any atom is -0.329 e. The third-order valence-corrected chi connectivity index (χ3v) is 3.10. The van der Waals surface area contributed by atoms with Crippen LogP contribution in [0.15, 0.2) is 18.2 Å². The monoisotopic (exact) mass is 238 g/mol. The lowest BCUT2D eigenvalue weighted by Gasteiger charge is -2.20. The summed E-state index contributed by atoms with van der Waals surface area (Å²) in [5.41, 5.74) is 7.56. The van der Waals surface area contributed by atoms with Crippen molar-refractivity contribution in [1.82, 2.24) is 5.32 Å². The van der Waals surface area contributed by atoms with Crippen molar-refractivity contribution in [2.75, 3.05) is 13.1 Å². The molecule has 1 aromatic carbocycles. The summed E-state index contributed by atoms with van der Waals surface area (Å²) >= 11 is 0. The predicted molar refractivity (Wildman–Crippen MR) is 70.5 cm³/mol. The summed E-state index contributed by atoms with van der Waals surface area (Å²) in [7, 11) is 0. The Kier molecular flexibility index (Phi) is 5.59. The topological polar surface area (TPSA) is 38.0 Å². The van der Waals surface area contributed by atoms with E-state index < -0.39 is 0 Å². The molecular formula is C14H23FN2. The van der Waals surface area contributed by atoms with Gasteiger partial charge in [0.1, 0.15) is 5.82 Å². The highest BCUT2D eigenvalue weighted by atomic mass is 19.1. The Balaban J connectivity index is 2.42. The number of benzene rings is 1. The molecule has 0 aliphatic rings. The Hall–Kier alpha value is -0.930. The molecule has 1 unspecified atom stereocenters. The smallest absolute Gasteiger partial charge is 0.126 e. The molecule has 17 heavy (non-hydrogen) atoms. The quantitative estimate of drug-likeness (QED) is 0.797. The van der Waals surface area contributed by atoms with E-state index in [0.717, 1.165) is 18.5 Å². The Morgan fingerprint density at radius 3 is 2.59 bits per heavy atom. The van der Waals surface area contributed by atoms with E-state index in [0.29, 0.717) is 24.1 Å². The highest BCUT2D eigenvalue weighted by molar-refractivity contribution is 5.24. The summed E-state index contributed by atoms with van der Waals surface area (Å²) in [5.74, 6) is 0.402. The minimum absolute atomic E-state index is 0.135. The lowest BCUT2D eigenvalue weighted by Crippen LogP contribution is -2.41. The molecule has 0 spiro atoms. The van der Waals surface area contributed by atoms with Gasteiger partial charge in [0.2, 0.25) is 0 Å². The Labute approximate surface area is 103 Å². The maximum Gasteiger partial charge on any atom is 0.126 e. The molecule has 0 radical (unpaired) electrons. The first-order chi connectivity index (χ1) is 8.04. The molecule has 0 fully saturated rings. The van der Waals surface area contributed by atoms with Gasteiger partial charge in [-0.05, 0) is 43.0 Å². The van der Waals surface area contributed by atoms with Crippen LogP contribution in [0.1, 0.15) is 25.0 Å². The molecule has 0 saturated heterocycles.